The molecule has 5 heteroatoms. The van der Waals surface area contributed by atoms with E-state index in [4.69, 9.17) is 4.42 Å². The van der Waals surface area contributed by atoms with Crippen molar-refractivity contribution in [2.75, 3.05) is 31.1 Å². The monoisotopic (exact) mass is 271 g/mol. The van der Waals surface area contributed by atoms with Crippen LogP contribution in [0, 0.1) is 6.92 Å². The summed E-state index contributed by atoms with van der Waals surface area (Å²) >= 11 is 0. The highest BCUT2D eigenvalue weighted by Gasteiger charge is 2.23. The van der Waals surface area contributed by atoms with Gasteiger partial charge in [-0.1, -0.05) is 0 Å². The Bertz CT molecular complexity index is 587. The second-order valence-corrected chi connectivity index (χ2v) is 4.95. The van der Waals surface area contributed by atoms with Gasteiger partial charge in [0, 0.05) is 32.4 Å². The lowest BCUT2D eigenvalue weighted by Gasteiger charge is -2.36. The normalized spacial score (nSPS) is 15.4. The van der Waals surface area contributed by atoms with Crippen LogP contribution in [-0.2, 0) is 0 Å². The van der Waals surface area contributed by atoms with Crippen molar-refractivity contribution < 1.29 is 9.21 Å². The number of pyridine rings is 1. The third-order valence-corrected chi connectivity index (χ3v) is 3.69. The van der Waals surface area contributed by atoms with Crippen LogP contribution in [0.25, 0.3) is 0 Å². The van der Waals surface area contributed by atoms with Crippen molar-refractivity contribution in [3.8, 4) is 0 Å². The molecule has 0 spiro atoms. The molecule has 0 bridgehead atoms. The van der Waals surface area contributed by atoms with E-state index >= 15 is 0 Å². The van der Waals surface area contributed by atoms with Crippen LogP contribution in [0.4, 0.5) is 5.69 Å². The Balaban J connectivity index is 1.65. The van der Waals surface area contributed by atoms with Crippen molar-refractivity contribution in [1.82, 2.24) is 9.88 Å². The molecule has 0 aromatic carbocycles. The number of anilines is 1. The molecule has 0 N–H and O–H groups in total. The number of hydrogen-bond acceptors (Lipinski definition) is 4. The minimum Gasteiger partial charge on any atom is -0.472 e. The van der Waals surface area contributed by atoms with E-state index in [1.165, 1.54) is 18.1 Å². The Morgan fingerprint density at radius 3 is 2.70 bits per heavy atom. The first-order chi connectivity index (χ1) is 9.75. The fourth-order valence-electron chi connectivity index (χ4n) is 2.51. The Morgan fingerprint density at radius 1 is 1.25 bits per heavy atom. The summed E-state index contributed by atoms with van der Waals surface area (Å²) in [5, 5.41) is 0. The number of aromatic nitrogens is 1. The van der Waals surface area contributed by atoms with Crippen LogP contribution in [0.15, 0.2) is 41.5 Å². The molecule has 5 nitrogen and oxygen atoms in total. The quantitative estimate of drug-likeness (QED) is 0.837. The highest BCUT2D eigenvalue weighted by atomic mass is 16.3. The molecule has 20 heavy (non-hydrogen) atoms. The standard InChI is InChI=1S/C15H17N3O2/c1-12-2-4-16-10-14(12)17-5-7-18(8-6-17)15(19)13-3-9-20-11-13/h2-4,9-11H,5-8H2,1H3. The number of rotatable bonds is 2. The first-order valence-electron chi connectivity index (χ1n) is 6.73. The lowest BCUT2D eigenvalue weighted by Crippen LogP contribution is -2.49. The second-order valence-electron chi connectivity index (χ2n) is 4.95. The number of amides is 1. The lowest BCUT2D eigenvalue weighted by molar-refractivity contribution is 0.0746. The molecule has 0 unspecified atom stereocenters. The van der Waals surface area contributed by atoms with Crippen LogP contribution in [0.5, 0.6) is 0 Å². The number of carbonyl (C=O) groups is 1. The van der Waals surface area contributed by atoms with E-state index in [0.29, 0.717) is 5.56 Å². The highest BCUT2D eigenvalue weighted by molar-refractivity contribution is 5.94. The van der Waals surface area contributed by atoms with Crippen LogP contribution in [-0.4, -0.2) is 42.0 Å². The van der Waals surface area contributed by atoms with Gasteiger partial charge in [0.1, 0.15) is 6.26 Å². The van der Waals surface area contributed by atoms with Gasteiger partial charge in [0.2, 0.25) is 0 Å². The van der Waals surface area contributed by atoms with E-state index in [1.807, 2.05) is 17.2 Å². The summed E-state index contributed by atoms with van der Waals surface area (Å²) in [7, 11) is 0. The Hall–Kier alpha value is -2.30. The first kappa shape index (κ1) is 12.7. The molecule has 2 aromatic heterocycles. The summed E-state index contributed by atoms with van der Waals surface area (Å²) in [6.07, 6.45) is 6.73. The lowest BCUT2D eigenvalue weighted by atomic mass is 10.2. The zero-order chi connectivity index (χ0) is 13.9. The van der Waals surface area contributed by atoms with Gasteiger partial charge in [0.25, 0.3) is 5.91 Å². The Morgan fingerprint density at radius 2 is 2.05 bits per heavy atom. The number of nitrogens with zero attached hydrogens (tertiary/aromatic N) is 3. The first-order valence-corrected chi connectivity index (χ1v) is 6.73. The molecule has 3 heterocycles. The van der Waals surface area contributed by atoms with E-state index in [0.717, 1.165) is 31.9 Å². The van der Waals surface area contributed by atoms with Crippen LogP contribution < -0.4 is 4.90 Å². The van der Waals surface area contributed by atoms with Gasteiger partial charge in [-0.15, -0.1) is 0 Å². The summed E-state index contributed by atoms with van der Waals surface area (Å²) in [6, 6.07) is 3.72. The van der Waals surface area contributed by atoms with Crippen molar-refractivity contribution in [1.29, 1.82) is 0 Å². The zero-order valence-corrected chi connectivity index (χ0v) is 11.5. The van der Waals surface area contributed by atoms with Crippen LogP contribution in [0.3, 0.4) is 0 Å². The van der Waals surface area contributed by atoms with E-state index in [1.54, 1.807) is 12.3 Å². The molecule has 1 saturated heterocycles. The summed E-state index contributed by atoms with van der Waals surface area (Å²) in [5.74, 6) is 0.0429. The molecule has 0 saturated carbocycles. The van der Waals surface area contributed by atoms with Gasteiger partial charge >= 0.3 is 0 Å². The maximum Gasteiger partial charge on any atom is 0.257 e. The number of hydrogen-bond donors (Lipinski definition) is 0. The van der Waals surface area contributed by atoms with Crippen LogP contribution in [0.2, 0.25) is 0 Å². The molecule has 0 aliphatic carbocycles. The fourth-order valence-corrected chi connectivity index (χ4v) is 2.51. The highest BCUT2D eigenvalue weighted by Crippen LogP contribution is 2.20. The zero-order valence-electron chi connectivity index (χ0n) is 11.5. The number of carbonyl (C=O) groups excluding carboxylic acids is 1. The molecule has 104 valence electrons. The van der Waals surface area contributed by atoms with Crippen molar-refractivity contribution in [2.45, 2.75) is 6.92 Å². The minimum absolute atomic E-state index is 0.0429. The van der Waals surface area contributed by atoms with Gasteiger partial charge in [-0.3, -0.25) is 9.78 Å². The van der Waals surface area contributed by atoms with E-state index in [9.17, 15) is 4.79 Å². The summed E-state index contributed by atoms with van der Waals surface area (Å²) in [6.45, 7) is 5.18. The van der Waals surface area contributed by atoms with Crippen molar-refractivity contribution in [2.24, 2.45) is 0 Å². The number of aryl methyl sites for hydroxylation is 1. The smallest absolute Gasteiger partial charge is 0.257 e. The predicted molar refractivity (Wildman–Crippen MR) is 75.8 cm³/mol. The van der Waals surface area contributed by atoms with Gasteiger partial charge in [0.05, 0.1) is 23.7 Å². The molecule has 1 amide bonds. The molecule has 1 aliphatic heterocycles. The Kier molecular flexibility index (Phi) is 3.41. The van der Waals surface area contributed by atoms with E-state index in [-0.39, 0.29) is 5.91 Å². The summed E-state index contributed by atoms with van der Waals surface area (Å²) in [5.41, 5.74) is 2.99. The van der Waals surface area contributed by atoms with Gasteiger partial charge in [0.15, 0.2) is 0 Å². The Labute approximate surface area is 117 Å². The number of furan rings is 1. The van der Waals surface area contributed by atoms with E-state index < -0.39 is 0 Å². The van der Waals surface area contributed by atoms with Crippen LogP contribution in [0.1, 0.15) is 15.9 Å². The molecule has 0 atom stereocenters. The van der Waals surface area contributed by atoms with E-state index in [2.05, 4.69) is 16.8 Å². The summed E-state index contributed by atoms with van der Waals surface area (Å²) < 4.78 is 4.97. The molecular formula is C15H17N3O2. The average Bonchev–Trinajstić information content (AvgIpc) is 3.01. The predicted octanol–water partition coefficient (Wildman–Crippen LogP) is 1.95. The minimum atomic E-state index is 0.0429. The molecule has 1 fully saturated rings. The van der Waals surface area contributed by atoms with Crippen molar-refractivity contribution >= 4 is 11.6 Å². The van der Waals surface area contributed by atoms with Crippen molar-refractivity contribution in [3.05, 3.63) is 48.2 Å². The van der Waals surface area contributed by atoms with Gasteiger partial charge in [-0.05, 0) is 24.6 Å². The number of piperazine rings is 1. The molecule has 3 rings (SSSR count). The molecular weight excluding hydrogens is 254 g/mol. The SMILES string of the molecule is Cc1ccncc1N1CCN(C(=O)c2ccoc2)CC1. The van der Waals surface area contributed by atoms with Gasteiger partial charge in [-0.25, -0.2) is 0 Å². The average molecular weight is 271 g/mol. The third kappa shape index (κ3) is 2.39. The molecule has 0 radical (unpaired) electrons. The second kappa shape index (κ2) is 5.36. The summed E-state index contributed by atoms with van der Waals surface area (Å²) in [4.78, 5) is 20.5. The maximum absolute atomic E-state index is 12.2. The third-order valence-electron chi connectivity index (χ3n) is 3.69. The van der Waals surface area contributed by atoms with Gasteiger partial charge in [-0.2, -0.15) is 0 Å². The largest absolute Gasteiger partial charge is 0.472 e. The maximum atomic E-state index is 12.2. The van der Waals surface area contributed by atoms with Gasteiger partial charge < -0.3 is 14.2 Å². The molecule has 2 aromatic rings. The van der Waals surface area contributed by atoms with Crippen molar-refractivity contribution in [3.63, 3.8) is 0 Å². The van der Waals surface area contributed by atoms with Crippen LogP contribution >= 0.6 is 0 Å². The fraction of sp³-hybridized carbons (Fsp3) is 0.333. The molecule has 1 aliphatic rings. The topological polar surface area (TPSA) is 49.6 Å².